The van der Waals surface area contributed by atoms with E-state index in [0.717, 1.165) is 52.1 Å². The molecule has 0 spiro atoms. The van der Waals surface area contributed by atoms with Crippen molar-refractivity contribution in [2.75, 3.05) is 39.3 Å². The van der Waals surface area contributed by atoms with Gasteiger partial charge in [0.05, 0.1) is 12.2 Å². The fourth-order valence-corrected chi connectivity index (χ4v) is 1.82. The largest absolute Gasteiger partial charge is 0.393 e. The Morgan fingerprint density at radius 3 is 1.05 bits per heavy atom. The van der Waals surface area contributed by atoms with Gasteiger partial charge in [-0.1, -0.05) is 27.7 Å². The van der Waals surface area contributed by atoms with Crippen molar-refractivity contribution in [3.63, 3.8) is 0 Å². The molecule has 0 heterocycles. The van der Waals surface area contributed by atoms with Crippen LogP contribution < -0.4 is 0 Å². The topological polar surface area (TPSA) is 46.9 Å². The van der Waals surface area contributed by atoms with Gasteiger partial charge < -0.3 is 20.0 Å². The van der Waals surface area contributed by atoms with Crippen LogP contribution in [0.5, 0.6) is 0 Å². The first-order valence-electron chi connectivity index (χ1n) is 8.21. The summed E-state index contributed by atoms with van der Waals surface area (Å²) in [5.41, 5.74) is 0. The Hall–Kier alpha value is 0.359. The maximum atomic E-state index is 8.97. The van der Waals surface area contributed by atoms with E-state index in [1.165, 1.54) is 0 Å². The van der Waals surface area contributed by atoms with E-state index in [-0.39, 0.29) is 29.3 Å². The molecule has 0 aromatic carbocycles. The van der Waals surface area contributed by atoms with Gasteiger partial charge in [-0.15, -0.1) is 0 Å². The maximum Gasteiger partial charge on any atom is 0.0524 e. The number of rotatable bonds is 10. The van der Waals surface area contributed by atoms with E-state index < -0.39 is 0 Å². The van der Waals surface area contributed by atoms with Crippen LogP contribution >= 0.6 is 0 Å². The van der Waals surface area contributed by atoms with Gasteiger partial charge in [0.25, 0.3) is 0 Å². The molecule has 0 saturated heterocycles. The third-order valence-electron chi connectivity index (χ3n) is 3.52. The first-order chi connectivity index (χ1) is 9.40. The molecule has 0 aliphatic carbocycles. The molecule has 21 heavy (non-hydrogen) atoms. The van der Waals surface area contributed by atoms with Gasteiger partial charge in [-0.25, -0.2) is 0 Å². The molecule has 2 N–H and O–H groups in total. The molecule has 0 bridgehead atoms. The third-order valence-corrected chi connectivity index (χ3v) is 3.52. The van der Waals surface area contributed by atoms with E-state index in [0.29, 0.717) is 0 Å². The van der Waals surface area contributed by atoms with Crippen molar-refractivity contribution in [1.29, 1.82) is 0 Å². The maximum absolute atomic E-state index is 8.97. The van der Waals surface area contributed by atoms with Gasteiger partial charge in [-0.3, -0.25) is 0 Å². The summed E-state index contributed by atoms with van der Waals surface area (Å²) in [4.78, 5) is 4.62. The second-order valence-corrected chi connectivity index (χ2v) is 5.33. The summed E-state index contributed by atoms with van der Waals surface area (Å²) < 4.78 is 0. The number of nitrogens with zero attached hydrogens (tertiary/aromatic N) is 2. The van der Waals surface area contributed by atoms with E-state index in [1.54, 1.807) is 0 Å². The molecule has 2 unspecified atom stereocenters. The summed E-state index contributed by atoms with van der Waals surface area (Å²) in [6.07, 6.45) is 1.48. The molecule has 0 aromatic rings. The summed E-state index contributed by atoms with van der Waals surface area (Å²) in [7, 11) is 0. The predicted octanol–water partition coefficient (Wildman–Crippen LogP) is 2.20. The summed E-state index contributed by atoms with van der Waals surface area (Å²) in [5.74, 6) is 0. The number of hydrogen-bond acceptors (Lipinski definition) is 4. The molecule has 0 amide bonds. The van der Waals surface area contributed by atoms with Gasteiger partial charge in [0.1, 0.15) is 0 Å². The summed E-state index contributed by atoms with van der Waals surface area (Å²) >= 11 is 0. The molecule has 0 aliphatic heterocycles. The molecule has 4 nitrogen and oxygen atoms in total. The average Bonchev–Trinajstić information content (AvgIpc) is 2.41. The minimum Gasteiger partial charge on any atom is -0.393 e. The zero-order chi connectivity index (χ0) is 16.0. The molecule has 0 saturated carbocycles. The quantitative estimate of drug-likeness (QED) is 0.591. The minimum absolute atomic E-state index is 0. The van der Waals surface area contributed by atoms with Crippen LogP contribution in [0.1, 0.15) is 54.4 Å². The zero-order valence-corrected chi connectivity index (χ0v) is 15.8. The third kappa shape index (κ3) is 20.4. The first-order valence-corrected chi connectivity index (χ1v) is 8.21. The molecule has 0 fully saturated rings. The van der Waals surface area contributed by atoms with Crippen LogP contribution in [0.3, 0.4) is 0 Å². The Kier molecular flexibility index (Phi) is 23.0. The molecule has 2 atom stereocenters. The molecule has 0 aromatic heterocycles. The molecule has 5 heteroatoms. The standard InChI is InChI=1S/2C8H19NO.Cu/c2*1-4-9(5-2)7-6-8(3)10;/h2*8,10H,4-7H2,1-3H3;. The first kappa shape index (κ1) is 26.3. The van der Waals surface area contributed by atoms with Crippen LogP contribution in [0.4, 0.5) is 0 Å². The smallest absolute Gasteiger partial charge is 0.0524 e. The fraction of sp³-hybridized carbons (Fsp3) is 1.00. The van der Waals surface area contributed by atoms with Crippen molar-refractivity contribution >= 4 is 0 Å². The molecular formula is C16H38CuN2O2. The average molecular weight is 354 g/mol. The molecule has 135 valence electrons. The summed E-state index contributed by atoms with van der Waals surface area (Å²) in [6, 6.07) is 0. The Labute approximate surface area is 143 Å². The van der Waals surface area contributed by atoms with Crippen LogP contribution in [0, 0.1) is 0 Å². The van der Waals surface area contributed by atoms with E-state index >= 15 is 0 Å². The molecule has 1 radical (unpaired) electrons. The Balaban J connectivity index is -0.000000295. The number of aliphatic hydroxyl groups is 2. The van der Waals surface area contributed by atoms with Crippen molar-refractivity contribution in [3.8, 4) is 0 Å². The molecule has 0 rings (SSSR count). The fourth-order valence-electron chi connectivity index (χ4n) is 1.82. The van der Waals surface area contributed by atoms with Gasteiger partial charge in [0.15, 0.2) is 0 Å². The van der Waals surface area contributed by atoms with E-state index in [9.17, 15) is 0 Å². The summed E-state index contributed by atoms with van der Waals surface area (Å²) in [5, 5.41) is 17.9. The minimum atomic E-state index is -0.152. The number of aliphatic hydroxyl groups excluding tert-OH is 2. The van der Waals surface area contributed by atoms with E-state index in [1.807, 2.05) is 13.8 Å². The van der Waals surface area contributed by atoms with E-state index in [2.05, 4.69) is 37.5 Å². The molecular weight excluding hydrogens is 316 g/mol. The van der Waals surface area contributed by atoms with Crippen molar-refractivity contribution < 1.29 is 27.3 Å². The Bertz CT molecular complexity index is 165. The van der Waals surface area contributed by atoms with Gasteiger partial charge >= 0.3 is 0 Å². The van der Waals surface area contributed by atoms with Gasteiger partial charge in [-0.05, 0) is 52.9 Å². The van der Waals surface area contributed by atoms with Crippen LogP contribution in [0.15, 0.2) is 0 Å². The monoisotopic (exact) mass is 353 g/mol. The van der Waals surface area contributed by atoms with Crippen molar-refractivity contribution in [3.05, 3.63) is 0 Å². The van der Waals surface area contributed by atoms with Crippen molar-refractivity contribution in [2.24, 2.45) is 0 Å². The normalized spacial score (nSPS) is 13.4. The van der Waals surface area contributed by atoms with Gasteiger partial charge in [0, 0.05) is 30.2 Å². The van der Waals surface area contributed by atoms with Crippen LogP contribution in [0.2, 0.25) is 0 Å². The van der Waals surface area contributed by atoms with Crippen LogP contribution in [0.25, 0.3) is 0 Å². The Morgan fingerprint density at radius 1 is 0.667 bits per heavy atom. The second-order valence-electron chi connectivity index (χ2n) is 5.33. The van der Waals surface area contributed by atoms with Gasteiger partial charge in [0.2, 0.25) is 0 Å². The SMILES string of the molecule is CCN(CC)CCC(C)O.CCN(CC)CCC(C)O.[Cu]. The van der Waals surface area contributed by atoms with Crippen molar-refractivity contribution in [1.82, 2.24) is 9.80 Å². The summed E-state index contributed by atoms with van der Waals surface area (Å²) in [6.45, 7) is 18.6. The zero-order valence-electron chi connectivity index (χ0n) is 14.9. The van der Waals surface area contributed by atoms with Crippen LogP contribution in [-0.2, 0) is 17.1 Å². The second kappa shape index (κ2) is 18.4. The number of hydrogen-bond donors (Lipinski definition) is 2. The van der Waals surface area contributed by atoms with Crippen molar-refractivity contribution in [2.45, 2.75) is 66.6 Å². The molecule has 0 aliphatic rings. The van der Waals surface area contributed by atoms with Crippen LogP contribution in [-0.4, -0.2) is 71.5 Å². The van der Waals surface area contributed by atoms with E-state index in [4.69, 9.17) is 10.2 Å². The Morgan fingerprint density at radius 2 is 0.905 bits per heavy atom. The predicted molar refractivity (Wildman–Crippen MR) is 88.2 cm³/mol. The van der Waals surface area contributed by atoms with Gasteiger partial charge in [-0.2, -0.15) is 0 Å².